The number of hydrogen-bond donors (Lipinski definition) is 0. The van der Waals surface area contributed by atoms with Gasteiger partial charge in [0.1, 0.15) is 13.2 Å². The number of hydrogen-bond acceptors (Lipinski definition) is 6. The Morgan fingerprint density at radius 3 is 0.671 bits per heavy atom. The zero-order chi connectivity index (χ0) is 53.2. The lowest BCUT2D eigenvalue weighted by molar-refractivity contribution is -0.167. The van der Waals surface area contributed by atoms with Crippen LogP contribution in [0.2, 0.25) is 0 Å². The van der Waals surface area contributed by atoms with Crippen molar-refractivity contribution < 1.29 is 28.6 Å². The van der Waals surface area contributed by atoms with E-state index in [-0.39, 0.29) is 31.1 Å². The summed E-state index contributed by atoms with van der Waals surface area (Å²) < 4.78 is 17.0. The van der Waals surface area contributed by atoms with E-state index in [0.717, 1.165) is 69.6 Å². The minimum absolute atomic E-state index is 0.0615. The van der Waals surface area contributed by atoms with Gasteiger partial charge in [0.25, 0.3) is 0 Å². The third-order valence-corrected chi connectivity index (χ3v) is 15.5. The first-order chi connectivity index (χ1) is 35.7. The molecule has 0 unspecified atom stereocenters. The maximum Gasteiger partial charge on any atom is 0.306 e. The minimum Gasteiger partial charge on any atom is -0.462 e. The molecule has 0 radical (unpaired) electrons. The Hall–Kier alpha value is -1.59. The summed E-state index contributed by atoms with van der Waals surface area (Å²) >= 11 is 0. The van der Waals surface area contributed by atoms with Crippen molar-refractivity contribution >= 4 is 17.9 Å². The second-order valence-corrected chi connectivity index (χ2v) is 24.1. The van der Waals surface area contributed by atoms with Crippen molar-refractivity contribution in [3.8, 4) is 0 Å². The van der Waals surface area contributed by atoms with E-state index in [9.17, 15) is 14.4 Å². The Kier molecular flexibility index (Phi) is 58.4. The van der Waals surface area contributed by atoms with Crippen LogP contribution in [-0.2, 0) is 28.6 Å². The molecule has 0 spiro atoms. The van der Waals surface area contributed by atoms with Gasteiger partial charge in [-0.05, 0) is 31.1 Å². The van der Waals surface area contributed by atoms with Crippen LogP contribution >= 0.6 is 0 Å². The van der Waals surface area contributed by atoms with Crippen LogP contribution < -0.4 is 0 Å². The molecular weight excluding hydrogens is 901 g/mol. The molecule has 0 aliphatic rings. The van der Waals surface area contributed by atoms with E-state index in [2.05, 4.69) is 34.6 Å². The first kappa shape index (κ1) is 71.4. The van der Waals surface area contributed by atoms with Crippen LogP contribution in [0, 0.1) is 11.8 Å². The second-order valence-electron chi connectivity index (χ2n) is 24.1. The highest BCUT2D eigenvalue weighted by Crippen LogP contribution is 2.19. The van der Waals surface area contributed by atoms with Gasteiger partial charge < -0.3 is 14.2 Å². The predicted octanol–water partition coefficient (Wildman–Crippen LogP) is 22.4. The van der Waals surface area contributed by atoms with Gasteiger partial charge in [-0.25, -0.2) is 0 Å². The molecule has 0 N–H and O–H groups in total. The summed E-state index contributed by atoms with van der Waals surface area (Å²) in [6.45, 7) is 11.5. The normalized spacial score (nSPS) is 12.0. The SMILES string of the molecule is CCCCCCCCCCCCCCCCCCCCC(=O)OC[C@@H](COC(=O)CCCCCCCCCCCCCCCCCCC(C)C)OC(=O)CCCCCCCCCCCCCCCCCC(C)C. The van der Waals surface area contributed by atoms with Gasteiger partial charge in [0.2, 0.25) is 0 Å². The van der Waals surface area contributed by atoms with E-state index in [1.54, 1.807) is 0 Å². The molecule has 0 amide bonds. The van der Waals surface area contributed by atoms with Crippen molar-refractivity contribution in [2.45, 2.75) is 387 Å². The summed E-state index contributed by atoms with van der Waals surface area (Å²) in [5, 5.41) is 0. The van der Waals surface area contributed by atoms with E-state index in [4.69, 9.17) is 14.2 Å². The fourth-order valence-corrected chi connectivity index (χ4v) is 10.5. The highest BCUT2D eigenvalue weighted by atomic mass is 16.6. The lowest BCUT2D eigenvalue weighted by atomic mass is 10.0. The van der Waals surface area contributed by atoms with Gasteiger partial charge in [-0.15, -0.1) is 0 Å². The third-order valence-electron chi connectivity index (χ3n) is 15.5. The molecule has 0 rings (SSSR count). The molecule has 0 heterocycles. The van der Waals surface area contributed by atoms with Crippen LogP contribution in [-0.4, -0.2) is 37.2 Å². The molecule has 0 fully saturated rings. The monoisotopic (exact) mass is 1030 g/mol. The Labute approximate surface area is 457 Å². The van der Waals surface area contributed by atoms with Crippen LogP contribution in [0.15, 0.2) is 0 Å². The molecule has 0 aliphatic carbocycles. The van der Waals surface area contributed by atoms with E-state index in [1.807, 2.05) is 0 Å². The Bertz CT molecular complexity index is 1120. The number of carbonyl (C=O) groups excluding carboxylic acids is 3. The van der Waals surface area contributed by atoms with Gasteiger partial charge in [0.05, 0.1) is 0 Å². The zero-order valence-corrected chi connectivity index (χ0v) is 50.3. The largest absolute Gasteiger partial charge is 0.462 e. The molecule has 434 valence electrons. The van der Waals surface area contributed by atoms with Crippen molar-refractivity contribution in [3.63, 3.8) is 0 Å². The standard InChI is InChI=1S/C67H130O6/c1-6-7-8-9-10-11-12-13-14-15-16-22-27-32-37-42-47-52-57-65(68)71-60-64(73-67(70)59-54-49-44-39-34-29-24-19-21-26-31-36-41-46-51-56-63(4)5)61-72-66(69)58-53-48-43-38-33-28-23-18-17-20-25-30-35-40-45-50-55-62(2)3/h62-64H,6-61H2,1-5H3/t64-/m0/s1. The summed E-state index contributed by atoms with van der Waals surface area (Å²) in [6, 6.07) is 0. The Morgan fingerprint density at radius 2 is 0.452 bits per heavy atom. The first-order valence-corrected chi connectivity index (χ1v) is 33.2. The molecule has 0 aromatic rings. The van der Waals surface area contributed by atoms with E-state index in [0.29, 0.717) is 19.3 Å². The maximum atomic E-state index is 12.9. The van der Waals surface area contributed by atoms with Gasteiger partial charge in [-0.1, -0.05) is 343 Å². The summed E-state index contributed by atoms with van der Waals surface area (Å²) in [5.41, 5.74) is 0. The number of unbranched alkanes of at least 4 members (excludes halogenated alkanes) is 46. The molecule has 0 aliphatic heterocycles. The van der Waals surface area contributed by atoms with Gasteiger partial charge in [0.15, 0.2) is 6.10 Å². The molecule has 0 saturated carbocycles. The highest BCUT2D eigenvalue weighted by Gasteiger charge is 2.19. The third kappa shape index (κ3) is 61.1. The topological polar surface area (TPSA) is 78.9 Å². The van der Waals surface area contributed by atoms with Crippen molar-refractivity contribution in [2.75, 3.05) is 13.2 Å². The van der Waals surface area contributed by atoms with Crippen molar-refractivity contribution in [1.82, 2.24) is 0 Å². The second kappa shape index (κ2) is 59.7. The van der Waals surface area contributed by atoms with Crippen molar-refractivity contribution in [2.24, 2.45) is 11.8 Å². The Morgan fingerprint density at radius 1 is 0.260 bits per heavy atom. The van der Waals surface area contributed by atoms with Crippen LogP contribution in [0.25, 0.3) is 0 Å². The number of rotatable bonds is 61. The summed E-state index contributed by atoms with van der Waals surface area (Å²) in [5.74, 6) is 0.873. The average molecular weight is 1030 g/mol. The lowest BCUT2D eigenvalue weighted by Crippen LogP contribution is -2.30. The van der Waals surface area contributed by atoms with Crippen LogP contribution in [0.3, 0.4) is 0 Å². The molecule has 0 aromatic heterocycles. The maximum absolute atomic E-state index is 12.9. The van der Waals surface area contributed by atoms with Crippen molar-refractivity contribution in [3.05, 3.63) is 0 Å². The average Bonchev–Trinajstić information content (AvgIpc) is 3.37. The van der Waals surface area contributed by atoms with Gasteiger partial charge >= 0.3 is 17.9 Å². The number of esters is 3. The fraction of sp³-hybridized carbons (Fsp3) is 0.955. The van der Waals surface area contributed by atoms with E-state index in [1.165, 1.54) is 270 Å². The number of carbonyl (C=O) groups is 3. The molecule has 73 heavy (non-hydrogen) atoms. The highest BCUT2D eigenvalue weighted by molar-refractivity contribution is 5.71. The first-order valence-electron chi connectivity index (χ1n) is 33.2. The van der Waals surface area contributed by atoms with Crippen LogP contribution in [0.5, 0.6) is 0 Å². The predicted molar refractivity (Wildman–Crippen MR) is 316 cm³/mol. The van der Waals surface area contributed by atoms with Gasteiger partial charge in [-0.2, -0.15) is 0 Å². The summed E-state index contributed by atoms with van der Waals surface area (Å²) in [4.78, 5) is 38.4. The Balaban J connectivity index is 4.28. The molecular formula is C67H130O6. The lowest BCUT2D eigenvalue weighted by Gasteiger charge is -2.18. The molecule has 6 heteroatoms. The molecule has 0 aromatic carbocycles. The minimum atomic E-state index is -0.764. The molecule has 0 saturated heterocycles. The molecule has 0 bridgehead atoms. The number of ether oxygens (including phenoxy) is 3. The van der Waals surface area contributed by atoms with E-state index >= 15 is 0 Å². The zero-order valence-electron chi connectivity index (χ0n) is 50.3. The van der Waals surface area contributed by atoms with Gasteiger partial charge in [-0.3, -0.25) is 14.4 Å². The molecule has 6 nitrogen and oxygen atoms in total. The van der Waals surface area contributed by atoms with Crippen molar-refractivity contribution in [1.29, 1.82) is 0 Å². The van der Waals surface area contributed by atoms with Crippen LogP contribution in [0.1, 0.15) is 381 Å². The van der Waals surface area contributed by atoms with Gasteiger partial charge in [0, 0.05) is 19.3 Å². The quantitative estimate of drug-likeness (QED) is 0.0343. The summed E-state index contributed by atoms with van der Waals surface area (Å²) in [6.07, 6.45) is 66.8. The summed E-state index contributed by atoms with van der Waals surface area (Å²) in [7, 11) is 0. The fourth-order valence-electron chi connectivity index (χ4n) is 10.5. The van der Waals surface area contributed by atoms with E-state index < -0.39 is 6.10 Å². The van der Waals surface area contributed by atoms with Crippen LogP contribution in [0.4, 0.5) is 0 Å². The molecule has 1 atom stereocenters. The smallest absolute Gasteiger partial charge is 0.306 e.